The molecule has 0 aliphatic rings. The summed E-state index contributed by atoms with van der Waals surface area (Å²) in [6, 6.07) is 6.81. The fourth-order valence-corrected chi connectivity index (χ4v) is 2.70. The van der Waals surface area contributed by atoms with Crippen LogP contribution in [0.5, 0.6) is 0 Å². The van der Waals surface area contributed by atoms with Crippen molar-refractivity contribution in [2.75, 3.05) is 0 Å². The fourth-order valence-electron chi connectivity index (χ4n) is 1.59. The van der Waals surface area contributed by atoms with Gasteiger partial charge in [0.25, 0.3) is 0 Å². The molecule has 0 fully saturated rings. The van der Waals surface area contributed by atoms with Crippen molar-refractivity contribution in [2.45, 2.75) is 25.3 Å². The molecule has 96 valence electrons. The van der Waals surface area contributed by atoms with Crippen LogP contribution in [0.1, 0.15) is 16.8 Å². The maximum atomic E-state index is 12.0. The molecule has 0 saturated carbocycles. The van der Waals surface area contributed by atoms with Crippen LogP contribution in [0, 0.1) is 13.8 Å². The highest BCUT2D eigenvalue weighted by molar-refractivity contribution is 7.89. The van der Waals surface area contributed by atoms with Crippen molar-refractivity contribution in [1.29, 1.82) is 0 Å². The Kier molecular flexibility index (Phi) is 3.49. The van der Waals surface area contributed by atoms with Gasteiger partial charge in [-0.05, 0) is 31.5 Å². The van der Waals surface area contributed by atoms with E-state index in [1.807, 2.05) is 19.9 Å². The van der Waals surface area contributed by atoms with Gasteiger partial charge in [-0.3, -0.25) is 5.10 Å². The van der Waals surface area contributed by atoms with Gasteiger partial charge in [-0.15, -0.1) is 0 Å². The Morgan fingerprint density at radius 1 is 1.33 bits per heavy atom. The molecule has 0 unspecified atom stereocenters. The summed E-state index contributed by atoms with van der Waals surface area (Å²) in [6.07, 6.45) is 1.62. The highest BCUT2D eigenvalue weighted by Gasteiger charge is 2.14. The lowest BCUT2D eigenvalue weighted by Crippen LogP contribution is -2.23. The molecular weight excluding hydrogens is 250 g/mol. The van der Waals surface area contributed by atoms with Gasteiger partial charge in [0.05, 0.1) is 11.1 Å². The molecule has 2 rings (SSSR count). The molecule has 2 aromatic rings. The summed E-state index contributed by atoms with van der Waals surface area (Å²) in [5.41, 5.74) is 2.62. The van der Waals surface area contributed by atoms with Gasteiger partial charge in [-0.2, -0.15) is 5.10 Å². The first-order chi connectivity index (χ1) is 8.49. The quantitative estimate of drug-likeness (QED) is 0.879. The molecule has 2 N–H and O–H groups in total. The number of sulfonamides is 1. The monoisotopic (exact) mass is 265 g/mol. The van der Waals surface area contributed by atoms with E-state index < -0.39 is 10.0 Å². The van der Waals surface area contributed by atoms with Crippen molar-refractivity contribution in [3.63, 3.8) is 0 Å². The Hall–Kier alpha value is -1.66. The largest absolute Gasteiger partial charge is 0.283 e. The smallest absolute Gasteiger partial charge is 0.240 e. The van der Waals surface area contributed by atoms with Gasteiger partial charge in [0.15, 0.2) is 0 Å². The van der Waals surface area contributed by atoms with Crippen LogP contribution in [0.4, 0.5) is 0 Å². The molecule has 0 atom stereocenters. The Bertz CT molecular complexity index is 647. The standard InChI is InChI=1S/C12H15N3O2S/c1-9-4-3-5-12(6-9)18(16,17)14-8-11-7-13-15-10(11)2/h3-7,14H,8H2,1-2H3,(H,13,15). The Labute approximate surface area is 106 Å². The van der Waals surface area contributed by atoms with Gasteiger partial charge in [0.2, 0.25) is 10.0 Å². The van der Waals surface area contributed by atoms with Crippen molar-refractivity contribution in [3.05, 3.63) is 47.3 Å². The van der Waals surface area contributed by atoms with Gasteiger partial charge in [-0.1, -0.05) is 12.1 Å². The Morgan fingerprint density at radius 2 is 2.11 bits per heavy atom. The molecular formula is C12H15N3O2S. The van der Waals surface area contributed by atoms with Crippen molar-refractivity contribution < 1.29 is 8.42 Å². The molecule has 0 bridgehead atoms. The Balaban J connectivity index is 2.16. The molecule has 6 heteroatoms. The fraction of sp³-hybridized carbons (Fsp3) is 0.250. The first-order valence-corrected chi connectivity index (χ1v) is 7.02. The van der Waals surface area contributed by atoms with E-state index in [1.54, 1.807) is 24.4 Å². The first kappa shape index (κ1) is 12.8. The lowest BCUT2D eigenvalue weighted by Gasteiger charge is -2.06. The normalized spacial score (nSPS) is 11.7. The van der Waals surface area contributed by atoms with Gasteiger partial charge in [0.1, 0.15) is 0 Å². The predicted octanol–water partition coefficient (Wildman–Crippen LogP) is 1.51. The minimum atomic E-state index is -3.47. The van der Waals surface area contributed by atoms with E-state index in [2.05, 4.69) is 14.9 Å². The number of nitrogens with one attached hydrogen (secondary N) is 2. The third-order valence-electron chi connectivity index (χ3n) is 2.69. The first-order valence-electron chi connectivity index (χ1n) is 5.54. The van der Waals surface area contributed by atoms with E-state index in [9.17, 15) is 8.42 Å². The summed E-state index contributed by atoms with van der Waals surface area (Å²) < 4.78 is 26.7. The maximum Gasteiger partial charge on any atom is 0.240 e. The molecule has 1 aromatic carbocycles. The Morgan fingerprint density at radius 3 is 2.72 bits per heavy atom. The summed E-state index contributed by atoms with van der Waals surface area (Å²) in [5, 5.41) is 6.62. The van der Waals surface area contributed by atoms with E-state index in [0.717, 1.165) is 16.8 Å². The maximum absolute atomic E-state index is 12.0. The number of aryl methyl sites for hydroxylation is 2. The van der Waals surface area contributed by atoms with Crippen LogP contribution in [0.15, 0.2) is 35.4 Å². The number of aromatic nitrogens is 2. The summed E-state index contributed by atoms with van der Waals surface area (Å²) in [5.74, 6) is 0. The van der Waals surface area contributed by atoms with E-state index in [4.69, 9.17) is 0 Å². The number of H-pyrrole nitrogens is 1. The van der Waals surface area contributed by atoms with Crippen LogP contribution in [0.2, 0.25) is 0 Å². The SMILES string of the molecule is Cc1cccc(S(=O)(=O)NCc2cn[nH]c2C)c1. The zero-order chi connectivity index (χ0) is 13.2. The molecule has 0 spiro atoms. The van der Waals surface area contributed by atoms with Crippen molar-refractivity contribution in [1.82, 2.24) is 14.9 Å². The molecule has 5 nitrogen and oxygen atoms in total. The third kappa shape index (κ3) is 2.77. The van der Waals surface area contributed by atoms with Crippen LogP contribution in [0.3, 0.4) is 0 Å². The lowest BCUT2D eigenvalue weighted by atomic mass is 10.2. The van der Waals surface area contributed by atoms with Crippen LogP contribution < -0.4 is 4.72 Å². The molecule has 1 aromatic heterocycles. The second kappa shape index (κ2) is 4.91. The number of benzene rings is 1. The summed E-state index contributed by atoms with van der Waals surface area (Å²) in [7, 11) is -3.47. The molecule has 0 aliphatic carbocycles. The summed E-state index contributed by atoms with van der Waals surface area (Å²) in [6.45, 7) is 3.95. The van der Waals surface area contributed by atoms with E-state index in [1.165, 1.54) is 0 Å². The number of hydrogen-bond donors (Lipinski definition) is 2. The summed E-state index contributed by atoms with van der Waals surface area (Å²) in [4.78, 5) is 0.281. The van der Waals surface area contributed by atoms with Gasteiger partial charge >= 0.3 is 0 Å². The second-order valence-corrected chi connectivity index (χ2v) is 5.93. The van der Waals surface area contributed by atoms with Gasteiger partial charge < -0.3 is 0 Å². The van der Waals surface area contributed by atoms with E-state index in [-0.39, 0.29) is 11.4 Å². The molecule has 0 amide bonds. The van der Waals surface area contributed by atoms with Crippen LogP contribution in [0.25, 0.3) is 0 Å². The number of nitrogens with zero attached hydrogens (tertiary/aromatic N) is 1. The van der Waals surface area contributed by atoms with Crippen LogP contribution in [-0.4, -0.2) is 18.6 Å². The molecule has 18 heavy (non-hydrogen) atoms. The zero-order valence-corrected chi connectivity index (χ0v) is 11.1. The van der Waals surface area contributed by atoms with Crippen LogP contribution >= 0.6 is 0 Å². The van der Waals surface area contributed by atoms with Gasteiger partial charge in [-0.25, -0.2) is 13.1 Å². The predicted molar refractivity (Wildman–Crippen MR) is 68.5 cm³/mol. The van der Waals surface area contributed by atoms with E-state index in [0.29, 0.717) is 0 Å². The topological polar surface area (TPSA) is 74.8 Å². The lowest BCUT2D eigenvalue weighted by molar-refractivity contribution is 0.581. The highest BCUT2D eigenvalue weighted by atomic mass is 32.2. The minimum Gasteiger partial charge on any atom is -0.283 e. The second-order valence-electron chi connectivity index (χ2n) is 4.16. The number of aromatic amines is 1. The molecule has 1 heterocycles. The van der Waals surface area contributed by atoms with Crippen LogP contribution in [-0.2, 0) is 16.6 Å². The van der Waals surface area contributed by atoms with Crippen molar-refractivity contribution in [3.8, 4) is 0 Å². The number of hydrogen-bond acceptors (Lipinski definition) is 3. The van der Waals surface area contributed by atoms with Crippen molar-refractivity contribution >= 4 is 10.0 Å². The summed E-state index contributed by atoms with van der Waals surface area (Å²) >= 11 is 0. The number of rotatable bonds is 4. The zero-order valence-electron chi connectivity index (χ0n) is 10.3. The molecule has 0 saturated heterocycles. The molecule has 0 radical (unpaired) electrons. The van der Waals surface area contributed by atoms with Crippen molar-refractivity contribution in [2.24, 2.45) is 0 Å². The molecule has 0 aliphatic heterocycles. The van der Waals surface area contributed by atoms with Gasteiger partial charge in [0, 0.05) is 17.8 Å². The van der Waals surface area contributed by atoms with E-state index >= 15 is 0 Å². The minimum absolute atomic E-state index is 0.235. The average molecular weight is 265 g/mol. The highest BCUT2D eigenvalue weighted by Crippen LogP contribution is 2.11. The average Bonchev–Trinajstić information content (AvgIpc) is 2.72. The third-order valence-corrected chi connectivity index (χ3v) is 4.09.